The number of thiocarbonyl (C=S) groups is 1. The summed E-state index contributed by atoms with van der Waals surface area (Å²) in [7, 11) is 0. The number of hydrogen-bond acceptors (Lipinski definition) is 5. The van der Waals surface area contributed by atoms with E-state index in [-0.39, 0.29) is 13.2 Å². The molecule has 0 aromatic heterocycles. The fourth-order valence-corrected chi connectivity index (χ4v) is 2.22. The average molecular weight is 336 g/mol. The number of carbonyl (C=O) groups is 2. The van der Waals surface area contributed by atoms with Crippen molar-refractivity contribution < 1.29 is 19.1 Å². The maximum Gasteiger partial charge on any atom is 0.340 e. The van der Waals surface area contributed by atoms with Crippen molar-refractivity contribution in [2.45, 2.75) is 32.7 Å². The van der Waals surface area contributed by atoms with Crippen LogP contribution in [0.4, 0.5) is 5.69 Å². The second kappa shape index (κ2) is 7.92. The van der Waals surface area contributed by atoms with E-state index in [9.17, 15) is 9.59 Å². The first kappa shape index (κ1) is 17.2. The highest BCUT2D eigenvalue weighted by Gasteiger charge is 2.23. The van der Waals surface area contributed by atoms with Crippen LogP contribution >= 0.6 is 12.2 Å². The monoisotopic (exact) mass is 336 g/mol. The topological polar surface area (TPSA) is 76.7 Å². The lowest BCUT2D eigenvalue weighted by Gasteiger charge is -2.14. The van der Waals surface area contributed by atoms with Crippen LogP contribution in [0.1, 0.15) is 47.4 Å². The van der Waals surface area contributed by atoms with Crippen LogP contribution in [0.5, 0.6) is 0 Å². The van der Waals surface area contributed by atoms with Gasteiger partial charge in [0.1, 0.15) is 0 Å². The summed E-state index contributed by atoms with van der Waals surface area (Å²) in [6.07, 6.45) is 2.16. The van der Waals surface area contributed by atoms with E-state index >= 15 is 0 Å². The van der Waals surface area contributed by atoms with Crippen molar-refractivity contribution in [2.75, 3.05) is 18.5 Å². The lowest BCUT2D eigenvalue weighted by molar-refractivity contribution is 0.0512. The minimum absolute atomic E-state index is 0.267. The van der Waals surface area contributed by atoms with Crippen LogP contribution in [0.15, 0.2) is 18.2 Å². The first-order chi connectivity index (χ1) is 11.0. The summed E-state index contributed by atoms with van der Waals surface area (Å²) in [5, 5.41) is 6.51. The Morgan fingerprint density at radius 3 is 2.43 bits per heavy atom. The lowest BCUT2D eigenvalue weighted by atomic mass is 10.1. The van der Waals surface area contributed by atoms with E-state index in [4.69, 9.17) is 21.7 Å². The molecule has 0 heterocycles. The molecular weight excluding hydrogens is 316 g/mol. The number of ether oxygens (including phenoxy) is 2. The first-order valence-electron chi connectivity index (χ1n) is 7.61. The molecule has 0 radical (unpaired) electrons. The zero-order valence-electron chi connectivity index (χ0n) is 13.2. The molecule has 1 aliphatic carbocycles. The fourth-order valence-electron chi connectivity index (χ4n) is 1.95. The Kier molecular flexibility index (Phi) is 5.92. The van der Waals surface area contributed by atoms with Crippen LogP contribution < -0.4 is 10.6 Å². The van der Waals surface area contributed by atoms with Gasteiger partial charge in [-0.25, -0.2) is 9.59 Å². The Labute approximate surface area is 140 Å². The number of rotatable bonds is 6. The van der Waals surface area contributed by atoms with Gasteiger partial charge in [-0.1, -0.05) is 0 Å². The van der Waals surface area contributed by atoms with Crippen LogP contribution in [0.3, 0.4) is 0 Å². The van der Waals surface area contributed by atoms with E-state index in [1.54, 1.807) is 19.9 Å². The number of esters is 2. The summed E-state index contributed by atoms with van der Waals surface area (Å²) >= 11 is 5.23. The molecule has 124 valence electrons. The molecule has 0 spiro atoms. The summed E-state index contributed by atoms with van der Waals surface area (Å²) in [6.45, 7) is 4.02. The standard InChI is InChI=1S/C16H20N2O4S/c1-3-21-14(19)10-5-8-12(15(20)22-4-2)13(9-10)18-16(23)17-11-6-7-11/h5,8-9,11H,3-4,6-7H2,1-2H3,(H2,17,18,23). The summed E-state index contributed by atoms with van der Waals surface area (Å²) in [6, 6.07) is 5.00. The molecule has 7 heteroatoms. The quantitative estimate of drug-likeness (QED) is 0.610. The van der Waals surface area contributed by atoms with E-state index < -0.39 is 11.9 Å². The Balaban J connectivity index is 2.23. The maximum atomic E-state index is 12.0. The van der Waals surface area contributed by atoms with Gasteiger partial charge >= 0.3 is 11.9 Å². The molecule has 0 amide bonds. The molecule has 1 aromatic carbocycles. The van der Waals surface area contributed by atoms with E-state index in [1.165, 1.54) is 12.1 Å². The molecule has 0 saturated heterocycles. The Bertz CT molecular complexity index is 614. The van der Waals surface area contributed by atoms with Crippen molar-refractivity contribution in [3.8, 4) is 0 Å². The highest BCUT2D eigenvalue weighted by Crippen LogP contribution is 2.22. The Morgan fingerprint density at radius 2 is 1.83 bits per heavy atom. The third-order valence-corrected chi connectivity index (χ3v) is 3.41. The van der Waals surface area contributed by atoms with Crippen LogP contribution in [0, 0.1) is 0 Å². The summed E-state index contributed by atoms with van der Waals surface area (Å²) < 4.78 is 10.0. The zero-order chi connectivity index (χ0) is 16.8. The largest absolute Gasteiger partial charge is 0.462 e. The van der Waals surface area contributed by atoms with Crippen molar-refractivity contribution >= 4 is 35.0 Å². The number of hydrogen-bond donors (Lipinski definition) is 2. The molecule has 0 unspecified atom stereocenters. The van der Waals surface area contributed by atoms with Crippen molar-refractivity contribution in [3.63, 3.8) is 0 Å². The molecule has 0 aliphatic heterocycles. The molecule has 1 fully saturated rings. The van der Waals surface area contributed by atoms with Gasteiger partial charge in [0, 0.05) is 6.04 Å². The SMILES string of the molecule is CCOC(=O)c1ccc(C(=O)OCC)c(NC(=S)NC2CC2)c1. The van der Waals surface area contributed by atoms with Gasteiger partial charge in [0.25, 0.3) is 0 Å². The van der Waals surface area contributed by atoms with E-state index in [0.29, 0.717) is 28.0 Å². The maximum absolute atomic E-state index is 12.0. The highest BCUT2D eigenvalue weighted by atomic mass is 32.1. The zero-order valence-corrected chi connectivity index (χ0v) is 14.0. The molecule has 2 N–H and O–H groups in total. The van der Waals surface area contributed by atoms with Crippen LogP contribution in [0.2, 0.25) is 0 Å². The van der Waals surface area contributed by atoms with E-state index in [0.717, 1.165) is 12.8 Å². The highest BCUT2D eigenvalue weighted by molar-refractivity contribution is 7.80. The van der Waals surface area contributed by atoms with Crippen LogP contribution in [-0.4, -0.2) is 36.3 Å². The van der Waals surface area contributed by atoms with Crippen LogP contribution in [-0.2, 0) is 9.47 Å². The van der Waals surface area contributed by atoms with Crippen molar-refractivity contribution in [1.29, 1.82) is 0 Å². The summed E-state index contributed by atoms with van der Waals surface area (Å²) in [4.78, 5) is 23.9. The Morgan fingerprint density at radius 1 is 1.17 bits per heavy atom. The third-order valence-electron chi connectivity index (χ3n) is 3.19. The van der Waals surface area contributed by atoms with Gasteiger partial charge in [-0.15, -0.1) is 0 Å². The van der Waals surface area contributed by atoms with Gasteiger partial charge in [0.2, 0.25) is 0 Å². The number of carbonyl (C=O) groups excluding carboxylic acids is 2. The fraction of sp³-hybridized carbons (Fsp3) is 0.438. The average Bonchev–Trinajstić information content (AvgIpc) is 3.31. The third kappa shape index (κ3) is 4.92. The van der Waals surface area contributed by atoms with Gasteiger partial charge < -0.3 is 20.1 Å². The minimum Gasteiger partial charge on any atom is -0.462 e. The van der Waals surface area contributed by atoms with Crippen molar-refractivity contribution in [1.82, 2.24) is 5.32 Å². The molecule has 1 aliphatic rings. The van der Waals surface area contributed by atoms with E-state index in [2.05, 4.69) is 10.6 Å². The molecule has 1 aromatic rings. The second-order valence-electron chi connectivity index (χ2n) is 5.07. The summed E-state index contributed by atoms with van der Waals surface area (Å²) in [5.74, 6) is -0.924. The van der Waals surface area contributed by atoms with Gasteiger partial charge in [-0.3, -0.25) is 0 Å². The van der Waals surface area contributed by atoms with Gasteiger partial charge in [0.15, 0.2) is 5.11 Å². The van der Waals surface area contributed by atoms with Crippen LogP contribution in [0.25, 0.3) is 0 Å². The van der Waals surface area contributed by atoms with Gasteiger partial charge in [0.05, 0.1) is 30.0 Å². The second-order valence-corrected chi connectivity index (χ2v) is 5.48. The molecule has 0 bridgehead atoms. The lowest BCUT2D eigenvalue weighted by Crippen LogP contribution is -2.31. The molecule has 23 heavy (non-hydrogen) atoms. The van der Waals surface area contributed by atoms with Gasteiger partial charge in [-0.2, -0.15) is 0 Å². The predicted octanol–water partition coefficient (Wildman–Crippen LogP) is 2.49. The molecule has 1 saturated carbocycles. The van der Waals surface area contributed by atoms with Crippen molar-refractivity contribution in [2.24, 2.45) is 0 Å². The smallest absolute Gasteiger partial charge is 0.340 e. The Hall–Kier alpha value is -2.15. The van der Waals surface area contributed by atoms with Crippen molar-refractivity contribution in [3.05, 3.63) is 29.3 Å². The minimum atomic E-state index is -0.473. The van der Waals surface area contributed by atoms with Gasteiger partial charge in [-0.05, 0) is 57.1 Å². The normalized spacial score (nSPS) is 13.1. The predicted molar refractivity (Wildman–Crippen MR) is 90.7 cm³/mol. The molecule has 0 atom stereocenters. The number of nitrogens with one attached hydrogen (secondary N) is 2. The molecule has 6 nitrogen and oxygen atoms in total. The molecule has 2 rings (SSSR count). The molecular formula is C16H20N2O4S. The number of benzene rings is 1. The van der Waals surface area contributed by atoms with E-state index in [1.807, 2.05) is 0 Å². The number of anilines is 1. The first-order valence-corrected chi connectivity index (χ1v) is 8.01. The summed E-state index contributed by atoms with van der Waals surface area (Å²) in [5.41, 5.74) is 1.09.